The number of aliphatic imine (C=N–C) groups is 1. The lowest BCUT2D eigenvalue weighted by molar-refractivity contribution is 0.595. The Morgan fingerprint density at radius 3 is 2.24 bits per heavy atom. The molecule has 4 heteroatoms. The topological polar surface area (TPSA) is 27.6 Å². The molecule has 0 aromatic heterocycles. The number of rotatable bonds is 2. The maximum Gasteiger partial charge on any atom is 0.202 e. The van der Waals surface area contributed by atoms with E-state index in [1.165, 1.54) is 24.0 Å². The summed E-state index contributed by atoms with van der Waals surface area (Å²) in [5.41, 5.74) is 4.63. The van der Waals surface area contributed by atoms with Gasteiger partial charge in [-0.3, -0.25) is 0 Å². The number of anilines is 2. The fourth-order valence-electron chi connectivity index (χ4n) is 4.17. The minimum Gasteiger partial charge on any atom is -0.341 e. The number of aryl methyl sites for hydroxylation is 2. The van der Waals surface area contributed by atoms with Gasteiger partial charge in [0.05, 0.1) is 0 Å². The van der Waals surface area contributed by atoms with Crippen molar-refractivity contribution in [2.45, 2.75) is 45.1 Å². The zero-order valence-electron chi connectivity index (χ0n) is 14.7. The van der Waals surface area contributed by atoms with E-state index in [4.69, 9.17) is 17.2 Å². The Kier molecular flexibility index (Phi) is 4.08. The quantitative estimate of drug-likeness (QED) is 0.752. The van der Waals surface area contributed by atoms with Crippen LogP contribution < -0.4 is 10.2 Å². The smallest absolute Gasteiger partial charge is 0.202 e. The summed E-state index contributed by atoms with van der Waals surface area (Å²) in [4.78, 5) is 7.09. The van der Waals surface area contributed by atoms with Crippen molar-refractivity contribution in [3.05, 3.63) is 59.7 Å². The average Bonchev–Trinajstić information content (AvgIpc) is 3.18. The molecule has 3 nitrogen and oxygen atoms in total. The van der Waals surface area contributed by atoms with Gasteiger partial charge in [-0.2, -0.15) is 0 Å². The van der Waals surface area contributed by atoms with Gasteiger partial charge in [-0.1, -0.05) is 49.2 Å². The molecule has 128 valence electrons. The van der Waals surface area contributed by atoms with Crippen molar-refractivity contribution in [1.29, 1.82) is 0 Å². The van der Waals surface area contributed by atoms with Gasteiger partial charge in [-0.15, -0.1) is 0 Å². The number of thiocarbonyl (C=S) groups is 1. The molecule has 0 bridgehead atoms. The SMILES string of the molecule is Cc1cccc(C)c1NC1=NC(=S)N(c2ccccc2)C12CCCC2. The Labute approximate surface area is 154 Å². The molecule has 1 fully saturated rings. The standard InChI is InChI=1S/C21H23N3S/c1-15-9-8-10-16(2)18(15)22-19-21(13-6-7-14-21)24(20(25)23-19)17-11-4-3-5-12-17/h3-5,8-12H,6-7,13-14H2,1-2H3,(H,22,23,25). The predicted octanol–water partition coefficient (Wildman–Crippen LogP) is 5.23. The molecular formula is C21H23N3S. The second kappa shape index (κ2) is 6.26. The predicted molar refractivity (Wildman–Crippen MR) is 110 cm³/mol. The van der Waals surface area contributed by atoms with Gasteiger partial charge in [-0.25, -0.2) is 4.99 Å². The lowest BCUT2D eigenvalue weighted by atomic mass is 9.93. The first-order valence-corrected chi connectivity index (χ1v) is 9.34. The van der Waals surface area contributed by atoms with Crippen LogP contribution in [0.4, 0.5) is 11.4 Å². The number of hydrogen-bond acceptors (Lipinski definition) is 2. The molecule has 1 N–H and O–H groups in total. The Balaban J connectivity index is 1.76. The molecule has 1 spiro atoms. The summed E-state index contributed by atoms with van der Waals surface area (Å²) >= 11 is 5.69. The first kappa shape index (κ1) is 16.3. The Morgan fingerprint density at radius 2 is 1.60 bits per heavy atom. The van der Waals surface area contributed by atoms with E-state index in [9.17, 15) is 0 Å². The molecule has 1 aliphatic carbocycles. The molecule has 1 aliphatic heterocycles. The van der Waals surface area contributed by atoms with Crippen molar-refractivity contribution in [2.24, 2.45) is 4.99 Å². The number of nitrogens with one attached hydrogen (secondary N) is 1. The fourth-order valence-corrected chi connectivity index (χ4v) is 4.54. The van der Waals surface area contributed by atoms with E-state index in [0.717, 1.165) is 30.1 Å². The van der Waals surface area contributed by atoms with Gasteiger partial charge in [0, 0.05) is 11.4 Å². The highest BCUT2D eigenvalue weighted by Crippen LogP contribution is 2.43. The normalized spacial score (nSPS) is 18.7. The average molecular weight is 350 g/mol. The molecule has 0 radical (unpaired) electrons. The highest BCUT2D eigenvalue weighted by atomic mass is 32.1. The molecule has 1 heterocycles. The van der Waals surface area contributed by atoms with Crippen LogP contribution in [0.5, 0.6) is 0 Å². The van der Waals surface area contributed by atoms with E-state index in [1.807, 2.05) is 6.07 Å². The minimum atomic E-state index is -0.132. The van der Waals surface area contributed by atoms with Crippen molar-refractivity contribution >= 4 is 34.5 Å². The fraction of sp³-hybridized carbons (Fsp3) is 0.333. The highest BCUT2D eigenvalue weighted by Gasteiger charge is 2.50. The molecule has 0 atom stereocenters. The van der Waals surface area contributed by atoms with Crippen LogP contribution in [0.25, 0.3) is 0 Å². The second-order valence-electron chi connectivity index (χ2n) is 7.04. The van der Waals surface area contributed by atoms with Gasteiger partial charge < -0.3 is 10.2 Å². The number of para-hydroxylation sites is 2. The molecule has 0 amide bonds. The van der Waals surface area contributed by atoms with Gasteiger partial charge >= 0.3 is 0 Å². The van der Waals surface area contributed by atoms with Crippen LogP contribution in [0, 0.1) is 13.8 Å². The van der Waals surface area contributed by atoms with Gasteiger partial charge in [0.15, 0.2) is 0 Å². The Hall–Kier alpha value is -2.20. The van der Waals surface area contributed by atoms with Crippen LogP contribution in [0.3, 0.4) is 0 Å². The maximum absolute atomic E-state index is 5.69. The van der Waals surface area contributed by atoms with Crippen molar-refractivity contribution in [3.8, 4) is 0 Å². The molecule has 4 rings (SSSR count). The molecular weight excluding hydrogens is 326 g/mol. The van der Waals surface area contributed by atoms with E-state index in [0.29, 0.717) is 5.11 Å². The summed E-state index contributed by atoms with van der Waals surface area (Å²) in [7, 11) is 0. The number of benzene rings is 2. The summed E-state index contributed by atoms with van der Waals surface area (Å²) in [6.07, 6.45) is 4.58. The van der Waals surface area contributed by atoms with Crippen LogP contribution in [0.15, 0.2) is 53.5 Å². The summed E-state index contributed by atoms with van der Waals surface area (Å²) in [5.74, 6) is 1.01. The summed E-state index contributed by atoms with van der Waals surface area (Å²) in [6, 6.07) is 16.8. The summed E-state index contributed by atoms with van der Waals surface area (Å²) in [6.45, 7) is 4.28. The largest absolute Gasteiger partial charge is 0.341 e. The van der Waals surface area contributed by atoms with Crippen LogP contribution in [0.1, 0.15) is 36.8 Å². The van der Waals surface area contributed by atoms with Crippen molar-refractivity contribution in [1.82, 2.24) is 0 Å². The van der Waals surface area contributed by atoms with Crippen LogP contribution >= 0.6 is 12.2 Å². The number of amidine groups is 1. The van der Waals surface area contributed by atoms with Crippen molar-refractivity contribution in [3.63, 3.8) is 0 Å². The van der Waals surface area contributed by atoms with Gasteiger partial charge in [0.25, 0.3) is 0 Å². The molecule has 2 aromatic carbocycles. The number of hydrogen-bond donors (Lipinski definition) is 1. The van der Waals surface area contributed by atoms with Crippen molar-refractivity contribution in [2.75, 3.05) is 10.2 Å². The summed E-state index contributed by atoms with van der Waals surface area (Å²) < 4.78 is 0. The first-order valence-electron chi connectivity index (χ1n) is 8.93. The third-order valence-corrected chi connectivity index (χ3v) is 5.71. The van der Waals surface area contributed by atoms with Crippen molar-refractivity contribution < 1.29 is 0 Å². The Bertz CT molecular complexity index is 815. The highest BCUT2D eigenvalue weighted by molar-refractivity contribution is 7.80. The Morgan fingerprint density at radius 1 is 0.960 bits per heavy atom. The van der Waals surface area contributed by atoms with E-state index in [-0.39, 0.29) is 5.54 Å². The zero-order valence-corrected chi connectivity index (χ0v) is 15.6. The minimum absolute atomic E-state index is 0.132. The molecule has 2 aromatic rings. The molecule has 0 saturated heterocycles. The lowest BCUT2D eigenvalue weighted by Gasteiger charge is -2.37. The van der Waals surface area contributed by atoms with E-state index >= 15 is 0 Å². The first-order chi connectivity index (χ1) is 12.1. The van der Waals surface area contributed by atoms with E-state index < -0.39 is 0 Å². The molecule has 1 saturated carbocycles. The van der Waals surface area contributed by atoms with E-state index in [1.54, 1.807) is 0 Å². The molecule has 2 aliphatic rings. The summed E-state index contributed by atoms with van der Waals surface area (Å²) in [5, 5.41) is 4.33. The molecule has 25 heavy (non-hydrogen) atoms. The van der Waals surface area contributed by atoms with Gasteiger partial charge in [0.1, 0.15) is 11.4 Å². The van der Waals surface area contributed by atoms with Crippen LogP contribution in [-0.4, -0.2) is 16.5 Å². The third kappa shape index (κ3) is 2.65. The molecule has 0 unspecified atom stereocenters. The van der Waals surface area contributed by atoms with Gasteiger partial charge in [0.2, 0.25) is 5.11 Å². The van der Waals surface area contributed by atoms with Crippen LogP contribution in [-0.2, 0) is 0 Å². The van der Waals surface area contributed by atoms with E-state index in [2.05, 4.69) is 66.5 Å². The van der Waals surface area contributed by atoms with Crippen LogP contribution in [0.2, 0.25) is 0 Å². The lowest BCUT2D eigenvalue weighted by Crippen LogP contribution is -2.52. The second-order valence-corrected chi connectivity index (χ2v) is 7.41. The number of nitrogens with zero attached hydrogens (tertiary/aromatic N) is 2. The third-order valence-electron chi connectivity index (χ3n) is 5.44. The zero-order chi connectivity index (χ0) is 17.4. The van der Waals surface area contributed by atoms with Gasteiger partial charge in [-0.05, 0) is 62.2 Å². The monoisotopic (exact) mass is 349 g/mol. The maximum atomic E-state index is 5.69.